The first-order chi connectivity index (χ1) is 8.83. The van der Waals surface area contributed by atoms with Gasteiger partial charge >= 0.3 is 0 Å². The summed E-state index contributed by atoms with van der Waals surface area (Å²) in [6.45, 7) is 1.98. The van der Waals surface area contributed by atoms with Crippen LogP contribution in [0.5, 0.6) is 0 Å². The zero-order chi connectivity index (χ0) is 12.4. The lowest BCUT2D eigenvalue weighted by Crippen LogP contribution is -2.39. The van der Waals surface area contributed by atoms with Crippen molar-refractivity contribution in [1.29, 1.82) is 0 Å². The summed E-state index contributed by atoms with van der Waals surface area (Å²) >= 11 is 0. The normalized spacial score (nSPS) is 19.9. The van der Waals surface area contributed by atoms with Gasteiger partial charge in [0.15, 0.2) is 0 Å². The predicted octanol–water partition coefficient (Wildman–Crippen LogP) is 1.09. The van der Waals surface area contributed by atoms with Crippen LogP contribution in [0.1, 0.15) is 12.8 Å². The fourth-order valence-corrected chi connectivity index (χ4v) is 2.32. The van der Waals surface area contributed by atoms with Crippen LogP contribution in [0.25, 0.3) is 10.9 Å². The van der Waals surface area contributed by atoms with Gasteiger partial charge in [0.05, 0.1) is 10.9 Å². The molecule has 1 aliphatic heterocycles. The molecule has 0 bridgehead atoms. The summed E-state index contributed by atoms with van der Waals surface area (Å²) in [5.41, 5.74) is 0.638. The predicted molar refractivity (Wildman–Crippen MR) is 71.9 cm³/mol. The van der Waals surface area contributed by atoms with E-state index in [0.717, 1.165) is 31.4 Å². The van der Waals surface area contributed by atoms with E-state index in [4.69, 9.17) is 0 Å². The summed E-state index contributed by atoms with van der Waals surface area (Å²) in [5, 5.41) is 7.24. The average molecular weight is 244 g/mol. The number of nitrogens with one attached hydrogen (secondary N) is 3. The first-order valence-corrected chi connectivity index (χ1v) is 6.29. The van der Waals surface area contributed by atoms with Gasteiger partial charge in [-0.2, -0.15) is 0 Å². The van der Waals surface area contributed by atoms with Crippen molar-refractivity contribution in [3.63, 3.8) is 0 Å². The topological polar surface area (TPSA) is 69.8 Å². The molecule has 5 heteroatoms. The molecule has 2 heterocycles. The molecular formula is C13H16N4O. The summed E-state index contributed by atoms with van der Waals surface area (Å²) in [6, 6.07) is 7.71. The first kappa shape index (κ1) is 11.2. The van der Waals surface area contributed by atoms with Crippen LogP contribution in [0.2, 0.25) is 0 Å². The fourth-order valence-electron chi connectivity index (χ4n) is 2.32. The highest BCUT2D eigenvalue weighted by molar-refractivity contribution is 5.78. The third kappa shape index (κ3) is 2.22. The van der Waals surface area contributed by atoms with Crippen LogP contribution in [-0.2, 0) is 0 Å². The van der Waals surface area contributed by atoms with E-state index in [1.165, 1.54) is 0 Å². The van der Waals surface area contributed by atoms with Crippen molar-refractivity contribution in [3.05, 3.63) is 34.6 Å². The lowest BCUT2D eigenvalue weighted by atomic mass is 10.1. The van der Waals surface area contributed by atoms with E-state index in [1.807, 2.05) is 18.2 Å². The molecule has 3 rings (SSSR count). The highest BCUT2D eigenvalue weighted by Gasteiger charge is 2.13. The highest BCUT2D eigenvalue weighted by atomic mass is 16.1. The molecule has 5 nitrogen and oxygen atoms in total. The Hall–Kier alpha value is -1.88. The third-order valence-electron chi connectivity index (χ3n) is 3.25. The van der Waals surface area contributed by atoms with Crippen LogP contribution in [-0.4, -0.2) is 29.1 Å². The van der Waals surface area contributed by atoms with Gasteiger partial charge in [-0.1, -0.05) is 12.1 Å². The number of nitrogens with zero attached hydrogens (tertiary/aromatic N) is 1. The minimum atomic E-state index is -0.0909. The molecule has 0 amide bonds. The number of para-hydroxylation sites is 1. The van der Waals surface area contributed by atoms with E-state index in [1.54, 1.807) is 6.07 Å². The molecule has 1 fully saturated rings. The summed E-state index contributed by atoms with van der Waals surface area (Å²) in [5.74, 6) is 0.562. The van der Waals surface area contributed by atoms with Crippen LogP contribution >= 0.6 is 0 Å². The Morgan fingerprint density at radius 2 is 2.22 bits per heavy atom. The molecule has 1 aromatic heterocycles. The molecule has 1 aromatic carbocycles. The molecule has 1 saturated heterocycles. The number of aromatic nitrogens is 2. The Labute approximate surface area is 105 Å². The van der Waals surface area contributed by atoms with Crippen molar-refractivity contribution in [3.8, 4) is 0 Å². The molecule has 0 spiro atoms. The van der Waals surface area contributed by atoms with E-state index < -0.39 is 0 Å². The first-order valence-electron chi connectivity index (χ1n) is 6.29. The van der Waals surface area contributed by atoms with Crippen LogP contribution in [0.15, 0.2) is 29.1 Å². The molecule has 2 aromatic rings. The molecule has 1 aliphatic rings. The van der Waals surface area contributed by atoms with Gasteiger partial charge in [0.2, 0.25) is 5.95 Å². The van der Waals surface area contributed by atoms with Crippen LogP contribution in [0.4, 0.5) is 5.95 Å². The van der Waals surface area contributed by atoms with E-state index >= 15 is 0 Å². The van der Waals surface area contributed by atoms with Gasteiger partial charge < -0.3 is 10.6 Å². The van der Waals surface area contributed by atoms with Crippen molar-refractivity contribution in [2.45, 2.75) is 18.9 Å². The van der Waals surface area contributed by atoms with Gasteiger partial charge in [-0.05, 0) is 31.5 Å². The number of fused-ring (bicyclic) bond motifs is 1. The molecule has 3 N–H and O–H groups in total. The quantitative estimate of drug-likeness (QED) is 0.739. The van der Waals surface area contributed by atoms with Crippen molar-refractivity contribution in [2.24, 2.45) is 0 Å². The number of aromatic amines is 1. The molecule has 1 unspecified atom stereocenters. The van der Waals surface area contributed by atoms with E-state index in [9.17, 15) is 4.79 Å². The van der Waals surface area contributed by atoms with Gasteiger partial charge in [-0.15, -0.1) is 0 Å². The minimum Gasteiger partial charge on any atom is -0.352 e. The van der Waals surface area contributed by atoms with Gasteiger partial charge in [0.25, 0.3) is 5.56 Å². The second-order valence-corrected chi connectivity index (χ2v) is 4.62. The summed E-state index contributed by atoms with van der Waals surface area (Å²) in [7, 11) is 0. The smallest absolute Gasteiger partial charge is 0.260 e. The average Bonchev–Trinajstić information content (AvgIpc) is 2.40. The van der Waals surface area contributed by atoms with E-state index in [2.05, 4.69) is 20.6 Å². The Morgan fingerprint density at radius 3 is 3.06 bits per heavy atom. The van der Waals surface area contributed by atoms with E-state index in [-0.39, 0.29) is 5.56 Å². The lowest BCUT2D eigenvalue weighted by molar-refractivity contribution is 0.478. The Bertz CT molecular complexity index is 601. The van der Waals surface area contributed by atoms with Crippen molar-refractivity contribution in [1.82, 2.24) is 15.3 Å². The monoisotopic (exact) mass is 244 g/mol. The van der Waals surface area contributed by atoms with Crippen molar-refractivity contribution >= 4 is 16.9 Å². The van der Waals surface area contributed by atoms with Crippen LogP contribution in [0, 0.1) is 0 Å². The summed E-state index contributed by atoms with van der Waals surface area (Å²) < 4.78 is 0. The van der Waals surface area contributed by atoms with Crippen molar-refractivity contribution < 1.29 is 0 Å². The molecule has 0 radical (unpaired) electrons. The second-order valence-electron chi connectivity index (χ2n) is 4.62. The largest absolute Gasteiger partial charge is 0.352 e. The number of H-pyrrole nitrogens is 1. The third-order valence-corrected chi connectivity index (χ3v) is 3.25. The summed E-state index contributed by atoms with van der Waals surface area (Å²) in [6.07, 6.45) is 2.25. The second kappa shape index (κ2) is 4.78. The summed E-state index contributed by atoms with van der Waals surface area (Å²) in [4.78, 5) is 19.1. The SMILES string of the molecule is O=c1[nH]c(NC2CCCNC2)nc2ccccc12. The Kier molecular flexibility index (Phi) is 2.98. The molecule has 0 aliphatic carbocycles. The molecular weight excluding hydrogens is 228 g/mol. The van der Waals surface area contributed by atoms with Crippen LogP contribution < -0.4 is 16.2 Å². The maximum Gasteiger partial charge on any atom is 0.260 e. The van der Waals surface area contributed by atoms with Gasteiger partial charge in [0, 0.05) is 12.6 Å². The van der Waals surface area contributed by atoms with Crippen LogP contribution in [0.3, 0.4) is 0 Å². The van der Waals surface area contributed by atoms with E-state index in [0.29, 0.717) is 17.4 Å². The minimum absolute atomic E-state index is 0.0909. The number of benzene rings is 1. The molecule has 94 valence electrons. The standard InChI is InChI=1S/C13H16N4O/c18-12-10-5-1-2-6-11(10)16-13(17-12)15-9-4-3-7-14-8-9/h1-2,5-6,9,14H,3-4,7-8H2,(H2,15,16,17,18). The number of hydrogen-bond donors (Lipinski definition) is 3. The molecule has 18 heavy (non-hydrogen) atoms. The Morgan fingerprint density at radius 1 is 1.33 bits per heavy atom. The van der Waals surface area contributed by atoms with Gasteiger partial charge in [-0.3, -0.25) is 9.78 Å². The zero-order valence-corrected chi connectivity index (χ0v) is 10.1. The lowest BCUT2D eigenvalue weighted by Gasteiger charge is -2.23. The number of piperidine rings is 1. The maximum absolute atomic E-state index is 11.9. The molecule has 0 saturated carbocycles. The number of hydrogen-bond acceptors (Lipinski definition) is 4. The maximum atomic E-state index is 11.9. The number of rotatable bonds is 2. The Balaban J connectivity index is 1.90. The highest BCUT2D eigenvalue weighted by Crippen LogP contribution is 2.11. The fraction of sp³-hybridized carbons (Fsp3) is 0.385. The van der Waals surface area contributed by atoms with Gasteiger partial charge in [0.1, 0.15) is 0 Å². The molecule has 1 atom stereocenters. The number of anilines is 1. The zero-order valence-electron chi connectivity index (χ0n) is 10.1. The van der Waals surface area contributed by atoms with Crippen molar-refractivity contribution in [2.75, 3.05) is 18.4 Å². The van der Waals surface area contributed by atoms with Gasteiger partial charge in [-0.25, -0.2) is 4.98 Å².